The Hall–Kier alpha value is -7.59. The third-order valence-corrected chi connectivity index (χ3v) is 16.8. The van der Waals surface area contributed by atoms with Crippen LogP contribution in [-0.2, 0) is 75.2 Å². The number of carbonyl (C=O) groups excluding carboxylic acids is 11. The minimum absolute atomic E-state index is 0.0547. The second kappa shape index (κ2) is 32.2. The van der Waals surface area contributed by atoms with Gasteiger partial charge in [0, 0.05) is 48.2 Å². The number of phenolic OH excluding ortho intramolecular Hbond substituents is 1. The standard InChI is InChI=1S/C63H95N9O14/c1-17-39(9)53-55(76)64-34-48(74)68(13)51(37(5)6)56(77)65-45(32-42-27-29-44(73)30-28-42)63(84)86-41(11)58(79)72-31-23-22-26-46(72)59(80)69(14)52(38(7)8)57(78)66-50(36(3)4)61(82)67(12)47(33-49(75)85-35-43-24-20-19-21-25-43)60(81)71(16)54(40(10)18-2)62(83)70(53)15/h19-21,24-25,27-30,36-41,45-47,50-54,73H,17-18,22-23,26,31-35H2,1-16H3,(H,64,76)(H,65,77)(H,66,78)/t39-,40+,41-,45+,46+,47-,50+,51+,52+,53+,54+/m1/s1. The molecule has 4 rings (SSSR count). The van der Waals surface area contributed by atoms with E-state index in [2.05, 4.69) is 16.0 Å². The number of hydrogen-bond donors (Lipinski definition) is 4. The predicted octanol–water partition coefficient (Wildman–Crippen LogP) is 3.68. The molecule has 2 aliphatic rings. The van der Waals surface area contributed by atoms with E-state index in [0.717, 1.165) is 9.80 Å². The Labute approximate surface area is 507 Å². The van der Waals surface area contributed by atoms with Crippen LogP contribution < -0.4 is 16.0 Å². The number of aromatic hydroxyl groups is 1. The van der Waals surface area contributed by atoms with Crippen LogP contribution in [0.5, 0.6) is 5.75 Å². The van der Waals surface area contributed by atoms with Crippen molar-refractivity contribution in [3.05, 3.63) is 65.7 Å². The SMILES string of the molecule is CC[C@@H](C)[C@H]1C(=O)NCC(=O)N(C)[C@@H](C(C)C)C(=O)N[C@@H](Cc2ccc(O)cc2)C(=O)O[C@H](C)C(=O)N2CCCC[C@H]2C(=O)N(C)[C@@H](C(C)C)C(=O)N[C@@H](C(C)C)C(=O)N(C)[C@H](CC(=O)OCc2ccccc2)C(=O)N(C)[C@@H]([C@@H](C)CC)C(=O)N1C. The van der Waals surface area contributed by atoms with Gasteiger partial charge in [-0.1, -0.05) is 125 Å². The van der Waals surface area contributed by atoms with Crippen molar-refractivity contribution in [2.45, 2.75) is 182 Å². The third-order valence-electron chi connectivity index (χ3n) is 16.8. The zero-order chi connectivity index (χ0) is 64.6. The molecule has 4 N–H and O–H groups in total. The monoisotopic (exact) mass is 1200 g/mol. The van der Waals surface area contributed by atoms with Crippen molar-refractivity contribution in [2.24, 2.45) is 29.6 Å². The molecule has 2 saturated heterocycles. The second-order valence-corrected chi connectivity index (χ2v) is 24.2. The number of fused-ring (bicyclic) bond motifs is 1. The number of hydrogen-bond acceptors (Lipinski definition) is 14. The number of phenols is 1. The van der Waals surface area contributed by atoms with Gasteiger partial charge in [0.1, 0.15) is 60.7 Å². The van der Waals surface area contributed by atoms with Crippen LogP contribution in [0, 0.1) is 29.6 Å². The molecule has 2 aliphatic heterocycles. The lowest BCUT2D eigenvalue weighted by Crippen LogP contribution is -2.63. The molecule has 476 valence electrons. The molecule has 23 nitrogen and oxygen atoms in total. The number of likely N-dealkylation sites (N-methyl/N-ethyl adjacent to an activating group) is 5. The van der Waals surface area contributed by atoms with Crippen molar-refractivity contribution in [3.8, 4) is 5.75 Å². The molecule has 2 aromatic rings. The maximum absolute atomic E-state index is 15.3. The summed E-state index contributed by atoms with van der Waals surface area (Å²) in [5, 5.41) is 18.3. The first-order chi connectivity index (χ1) is 40.4. The molecule has 0 radical (unpaired) electrons. The molecule has 2 aromatic carbocycles. The fourth-order valence-corrected chi connectivity index (χ4v) is 11.3. The highest BCUT2D eigenvalue weighted by molar-refractivity contribution is 5.99. The normalized spacial score (nSPS) is 25.6. The summed E-state index contributed by atoms with van der Waals surface area (Å²) in [5.41, 5.74) is 1.15. The molecule has 23 heteroatoms. The molecule has 2 fully saturated rings. The Morgan fingerprint density at radius 1 is 0.605 bits per heavy atom. The van der Waals surface area contributed by atoms with Gasteiger partial charge < -0.3 is 59.9 Å². The van der Waals surface area contributed by atoms with Gasteiger partial charge in [0.25, 0.3) is 5.91 Å². The predicted molar refractivity (Wildman–Crippen MR) is 321 cm³/mol. The van der Waals surface area contributed by atoms with Gasteiger partial charge in [-0.25, -0.2) is 4.79 Å². The van der Waals surface area contributed by atoms with Gasteiger partial charge in [-0.2, -0.15) is 0 Å². The number of ether oxygens (including phenoxy) is 2. The number of cyclic esters (lactones) is 1. The van der Waals surface area contributed by atoms with Gasteiger partial charge in [0.2, 0.25) is 47.3 Å². The molecular formula is C63H95N9O14. The fraction of sp³-hybridized carbons (Fsp3) is 0.635. The van der Waals surface area contributed by atoms with E-state index in [4.69, 9.17) is 9.47 Å². The quantitative estimate of drug-likeness (QED) is 0.208. The van der Waals surface area contributed by atoms with E-state index in [0.29, 0.717) is 36.8 Å². The van der Waals surface area contributed by atoms with E-state index in [9.17, 15) is 43.5 Å². The number of esters is 2. The van der Waals surface area contributed by atoms with Crippen LogP contribution in [0.2, 0.25) is 0 Å². The molecule has 2 heterocycles. The van der Waals surface area contributed by atoms with Crippen molar-refractivity contribution in [1.82, 2.24) is 45.3 Å². The van der Waals surface area contributed by atoms with E-state index in [-0.39, 0.29) is 31.7 Å². The van der Waals surface area contributed by atoms with Gasteiger partial charge >= 0.3 is 11.9 Å². The first-order valence-electron chi connectivity index (χ1n) is 30.1. The van der Waals surface area contributed by atoms with Crippen molar-refractivity contribution in [2.75, 3.05) is 48.3 Å². The summed E-state index contributed by atoms with van der Waals surface area (Å²) >= 11 is 0. The highest BCUT2D eigenvalue weighted by Crippen LogP contribution is 2.27. The first kappa shape index (κ1) is 70.9. The van der Waals surface area contributed by atoms with Gasteiger partial charge in [-0.15, -0.1) is 0 Å². The van der Waals surface area contributed by atoms with Crippen molar-refractivity contribution in [3.63, 3.8) is 0 Å². The summed E-state index contributed by atoms with van der Waals surface area (Å²) in [5.74, 6) is -11.3. The Kier molecular flexibility index (Phi) is 26.6. The third kappa shape index (κ3) is 18.0. The fourth-order valence-electron chi connectivity index (χ4n) is 11.3. The Morgan fingerprint density at radius 2 is 1.15 bits per heavy atom. The van der Waals surface area contributed by atoms with Crippen molar-refractivity contribution < 1.29 is 67.3 Å². The molecular weight excluding hydrogens is 1110 g/mol. The lowest BCUT2D eigenvalue weighted by Gasteiger charge is -2.41. The minimum atomic E-state index is -1.61. The Morgan fingerprint density at radius 3 is 1.72 bits per heavy atom. The topological polar surface area (TPSA) is 282 Å². The average Bonchev–Trinajstić information content (AvgIpc) is 1.44. The lowest BCUT2D eigenvalue weighted by atomic mass is 9.92. The van der Waals surface area contributed by atoms with E-state index < -0.39 is 162 Å². The van der Waals surface area contributed by atoms with Crippen LogP contribution in [0.25, 0.3) is 0 Å². The number of benzene rings is 2. The van der Waals surface area contributed by atoms with Crippen LogP contribution in [0.3, 0.4) is 0 Å². The second-order valence-electron chi connectivity index (χ2n) is 24.2. The average molecular weight is 1200 g/mol. The summed E-state index contributed by atoms with van der Waals surface area (Å²) in [6, 6.07) is 4.23. The van der Waals surface area contributed by atoms with Crippen molar-refractivity contribution in [1.29, 1.82) is 0 Å². The van der Waals surface area contributed by atoms with Crippen LogP contribution in [-0.4, -0.2) is 202 Å². The van der Waals surface area contributed by atoms with E-state index in [1.807, 2.05) is 13.8 Å². The number of rotatable bonds is 13. The molecule has 0 aromatic heterocycles. The zero-order valence-electron chi connectivity index (χ0n) is 53.3. The van der Waals surface area contributed by atoms with E-state index >= 15 is 14.4 Å². The largest absolute Gasteiger partial charge is 0.508 e. The lowest BCUT2D eigenvalue weighted by molar-refractivity contribution is -0.165. The van der Waals surface area contributed by atoms with Crippen LogP contribution in [0.1, 0.15) is 126 Å². The minimum Gasteiger partial charge on any atom is -0.508 e. The highest BCUT2D eigenvalue weighted by Gasteiger charge is 2.46. The zero-order valence-corrected chi connectivity index (χ0v) is 53.3. The Bertz CT molecular complexity index is 2710. The molecule has 11 atom stereocenters. The first-order valence-corrected chi connectivity index (χ1v) is 30.1. The van der Waals surface area contributed by atoms with Gasteiger partial charge in [-0.05, 0) is 79.0 Å². The molecule has 86 heavy (non-hydrogen) atoms. The molecule has 0 spiro atoms. The number of nitrogens with one attached hydrogen (secondary N) is 3. The van der Waals surface area contributed by atoms with Crippen LogP contribution in [0.15, 0.2) is 54.6 Å². The smallest absolute Gasteiger partial charge is 0.329 e. The number of nitrogens with zero attached hydrogens (tertiary/aromatic N) is 6. The van der Waals surface area contributed by atoms with Gasteiger partial charge in [-0.3, -0.25) is 47.9 Å². The maximum atomic E-state index is 15.3. The van der Waals surface area contributed by atoms with E-state index in [1.54, 1.807) is 97.9 Å². The van der Waals surface area contributed by atoms with Crippen LogP contribution >= 0.6 is 0 Å². The molecule has 0 unspecified atom stereocenters. The summed E-state index contributed by atoms with van der Waals surface area (Å²) in [4.78, 5) is 168. The summed E-state index contributed by atoms with van der Waals surface area (Å²) in [7, 11) is 6.91. The number of carbonyl (C=O) groups is 11. The molecule has 0 aliphatic carbocycles. The maximum Gasteiger partial charge on any atom is 0.329 e. The van der Waals surface area contributed by atoms with Gasteiger partial charge in [0.15, 0.2) is 6.10 Å². The Balaban J connectivity index is 1.89. The van der Waals surface area contributed by atoms with Gasteiger partial charge in [0.05, 0.1) is 13.0 Å². The number of piperidine rings is 1. The summed E-state index contributed by atoms with van der Waals surface area (Å²) < 4.78 is 11.5. The number of amides is 9. The molecule has 9 amide bonds. The summed E-state index contributed by atoms with van der Waals surface area (Å²) in [6.45, 7) is 17.9. The summed E-state index contributed by atoms with van der Waals surface area (Å²) in [6.07, 6.45) is -0.365. The molecule has 0 bridgehead atoms. The van der Waals surface area contributed by atoms with E-state index in [1.165, 1.54) is 73.9 Å². The molecule has 0 saturated carbocycles. The van der Waals surface area contributed by atoms with Crippen LogP contribution in [0.4, 0.5) is 0 Å². The highest BCUT2D eigenvalue weighted by atomic mass is 16.6. The van der Waals surface area contributed by atoms with Crippen molar-refractivity contribution >= 4 is 65.1 Å².